The van der Waals surface area contributed by atoms with Gasteiger partial charge in [0.05, 0.1) is 7.11 Å². The number of allylic oxidation sites excluding steroid dienone is 1. The summed E-state index contributed by atoms with van der Waals surface area (Å²) in [5.74, 6) is -0.0998. The molecule has 0 aromatic carbocycles. The maximum Gasteiger partial charge on any atom is 0.273 e. The standard InChI is InChI=1S/C12H20N2O3/c1-4-8-14(5-2)12(16)10-11(17-3)9(15)6-7-13-10/h13H,4-8H2,1-3H3. The van der Waals surface area contributed by atoms with Crippen LogP contribution in [-0.4, -0.2) is 43.3 Å². The van der Waals surface area contributed by atoms with E-state index < -0.39 is 0 Å². The van der Waals surface area contributed by atoms with Crippen molar-refractivity contribution in [3.63, 3.8) is 0 Å². The Morgan fingerprint density at radius 1 is 1.47 bits per heavy atom. The second-order valence-electron chi connectivity index (χ2n) is 3.89. The molecule has 0 fully saturated rings. The van der Waals surface area contributed by atoms with E-state index in [4.69, 9.17) is 4.74 Å². The van der Waals surface area contributed by atoms with Gasteiger partial charge < -0.3 is 15.0 Å². The van der Waals surface area contributed by atoms with Gasteiger partial charge in [-0.3, -0.25) is 9.59 Å². The van der Waals surface area contributed by atoms with E-state index in [-0.39, 0.29) is 17.4 Å². The van der Waals surface area contributed by atoms with Crippen molar-refractivity contribution in [2.45, 2.75) is 26.7 Å². The SMILES string of the molecule is CCCN(CC)C(=O)C1=C(OC)C(=O)CCN1. The normalized spacial score (nSPS) is 15.6. The van der Waals surface area contributed by atoms with E-state index in [2.05, 4.69) is 5.32 Å². The number of hydrogen-bond acceptors (Lipinski definition) is 4. The number of hydrogen-bond donors (Lipinski definition) is 1. The summed E-state index contributed by atoms with van der Waals surface area (Å²) in [6.45, 7) is 5.75. The van der Waals surface area contributed by atoms with Gasteiger partial charge in [0.25, 0.3) is 5.91 Å². The van der Waals surface area contributed by atoms with Crippen molar-refractivity contribution in [2.75, 3.05) is 26.7 Å². The van der Waals surface area contributed by atoms with Crippen LogP contribution in [0.4, 0.5) is 0 Å². The van der Waals surface area contributed by atoms with E-state index in [1.807, 2.05) is 13.8 Å². The van der Waals surface area contributed by atoms with Crippen LogP contribution >= 0.6 is 0 Å². The van der Waals surface area contributed by atoms with E-state index >= 15 is 0 Å². The molecule has 0 aromatic rings. The number of carbonyl (C=O) groups is 2. The molecule has 0 aliphatic carbocycles. The van der Waals surface area contributed by atoms with Gasteiger partial charge in [-0.1, -0.05) is 6.92 Å². The fourth-order valence-corrected chi connectivity index (χ4v) is 1.85. The summed E-state index contributed by atoms with van der Waals surface area (Å²) in [7, 11) is 1.42. The quantitative estimate of drug-likeness (QED) is 0.767. The fourth-order valence-electron chi connectivity index (χ4n) is 1.85. The number of carbonyl (C=O) groups excluding carboxylic acids is 2. The maximum atomic E-state index is 12.2. The lowest BCUT2D eigenvalue weighted by Gasteiger charge is -2.25. The van der Waals surface area contributed by atoms with Gasteiger partial charge in [-0.15, -0.1) is 0 Å². The molecule has 5 heteroatoms. The zero-order chi connectivity index (χ0) is 12.8. The summed E-state index contributed by atoms with van der Waals surface area (Å²) < 4.78 is 5.03. The molecule has 1 heterocycles. The summed E-state index contributed by atoms with van der Waals surface area (Å²) >= 11 is 0. The first kappa shape index (κ1) is 13.5. The number of Topliss-reactive ketones (excluding diaryl/α,β-unsaturated/α-hetero) is 1. The minimum Gasteiger partial charge on any atom is -0.491 e. The lowest BCUT2D eigenvalue weighted by molar-refractivity contribution is -0.129. The molecule has 0 unspecified atom stereocenters. The highest BCUT2D eigenvalue weighted by atomic mass is 16.5. The van der Waals surface area contributed by atoms with Gasteiger partial charge in [0, 0.05) is 26.1 Å². The van der Waals surface area contributed by atoms with Crippen LogP contribution in [-0.2, 0) is 14.3 Å². The minimum atomic E-state index is -0.153. The Morgan fingerprint density at radius 3 is 2.71 bits per heavy atom. The van der Waals surface area contributed by atoms with Crippen molar-refractivity contribution in [1.29, 1.82) is 0 Å². The second kappa shape index (κ2) is 6.27. The Bertz CT molecular complexity index is 337. The predicted molar refractivity (Wildman–Crippen MR) is 64.2 cm³/mol. The van der Waals surface area contributed by atoms with Gasteiger partial charge in [-0.05, 0) is 13.3 Å². The summed E-state index contributed by atoms with van der Waals surface area (Å²) in [4.78, 5) is 25.5. The average Bonchev–Trinajstić information content (AvgIpc) is 2.34. The molecule has 1 aliphatic heterocycles. The molecule has 1 N–H and O–H groups in total. The molecule has 0 spiro atoms. The molecule has 1 aliphatic rings. The van der Waals surface area contributed by atoms with Gasteiger partial charge in [0.1, 0.15) is 5.70 Å². The molecule has 1 amide bonds. The minimum absolute atomic E-state index is 0.109. The topological polar surface area (TPSA) is 58.6 Å². The smallest absolute Gasteiger partial charge is 0.273 e. The van der Waals surface area contributed by atoms with E-state index in [9.17, 15) is 9.59 Å². The van der Waals surface area contributed by atoms with Gasteiger partial charge >= 0.3 is 0 Å². The summed E-state index contributed by atoms with van der Waals surface area (Å²) in [6.07, 6.45) is 1.27. The third-order valence-electron chi connectivity index (χ3n) is 2.71. The Labute approximate surface area is 102 Å². The molecule has 0 saturated carbocycles. The largest absolute Gasteiger partial charge is 0.491 e. The van der Waals surface area contributed by atoms with Gasteiger partial charge in [-0.2, -0.15) is 0 Å². The van der Waals surface area contributed by atoms with Crippen LogP contribution in [0, 0.1) is 0 Å². The van der Waals surface area contributed by atoms with Crippen molar-refractivity contribution in [2.24, 2.45) is 0 Å². The lowest BCUT2D eigenvalue weighted by atomic mass is 10.1. The molecular weight excluding hydrogens is 220 g/mol. The van der Waals surface area contributed by atoms with Crippen LogP contribution in [0.2, 0.25) is 0 Å². The van der Waals surface area contributed by atoms with Crippen LogP contribution < -0.4 is 5.32 Å². The van der Waals surface area contributed by atoms with Crippen molar-refractivity contribution in [1.82, 2.24) is 10.2 Å². The number of nitrogens with zero attached hydrogens (tertiary/aromatic N) is 1. The van der Waals surface area contributed by atoms with Crippen LogP contribution in [0.5, 0.6) is 0 Å². The van der Waals surface area contributed by atoms with Gasteiger partial charge in [-0.25, -0.2) is 0 Å². The Balaban J connectivity index is 2.95. The number of rotatable bonds is 5. The van der Waals surface area contributed by atoms with E-state index in [0.29, 0.717) is 31.8 Å². The number of amides is 1. The molecule has 0 bridgehead atoms. The van der Waals surface area contributed by atoms with E-state index in [1.54, 1.807) is 4.90 Å². The van der Waals surface area contributed by atoms with E-state index in [1.165, 1.54) is 7.11 Å². The van der Waals surface area contributed by atoms with Crippen molar-refractivity contribution < 1.29 is 14.3 Å². The zero-order valence-corrected chi connectivity index (χ0v) is 10.7. The van der Waals surface area contributed by atoms with Crippen LogP contribution in [0.3, 0.4) is 0 Å². The van der Waals surface area contributed by atoms with Crippen molar-refractivity contribution in [3.05, 3.63) is 11.5 Å². The van der Waals surface area contributed by atoms with Crippen LogP contribution in [0.25, 0.3) is 0 Å². The molecule has 0 radical (unpaired) electrons. The first-order valence-electron chi connectivity index (χ1n) is 6.00. The summed E-state index contributed by atoms with van der Waals surface area (Å²) in [5, 5.41) is 2.97. The average molecular weight is 240 g/mol. The molecule has 5 nitrogen and oxygen atoms in total. The van der Waals surface area contributed by atoms with Crippen molar-refractivity contribution >= 4 is 11.7 Å². The molecular formula is C12H20N2O3. The molecule has 17 heavy (non-hydrogen) atoms. The summed E-state index contributed by atoms with van der Waals surface area (Å²) in [5.41, 5.74) is 0.305. The van der Waals surface area contributed by atoms with Crippen molar-refractivity contribution in [3.8, 4) is 0 Å². The van der Waals surface area contributed by atoms with E-state index in [0.717, 1.165) is 6.42 Å². The highest BCUT2D eigenvalue weighted by molar-refractivity contribution is 6.05. The highest BCUT2D eigenvalue weighted by Gasteiger charge is 2.28. The number of ketones is 1. The maximum absolute atomic E-state index is 12.2. The Kier molecular flexibility index (Phi) is 5.00. The lowest BCUT2D eigenvalue weighted by Crippen LogP contribution is -2.41. The van der Waals surface area contributed by atoms with Gasteiger partial charge in [0.2, 0.25) is 5.78 Å². The van der Waals surface area contributed by atoms with Crippen LogP contribution in [0.15, 0.2) is 11.5 Å². The molecule has 0 saturated heterocycles. The zero-order valence-electron chi connectivity index (χ0n) is 10.7. The third kappa shape index (κ3) is 2.99. The number of likely N-dealkylation sites (N-methyl/N-ethyl adjacent to an activating group) is 1. The number of methoxy groups -OCH3 is 1. The third-order valence-corrected chi connectivity index (χ3v) is 2.71. The number of nitrogens with one attached hydrogen (secondary N) is 1. The second-order valence-corrected chi connectivity index (χ2v) is 3.89. The monoisotopic (exact) mass is 240 g/mol. The highest BCUT2D eigenvalue weighted by Crippen LogP contribution is 2.14. The van der Waals surface area contributed by atoms with Gasteiger partial charge in [0.15, 0.2) is 5.76 Å². The van der Waals surface area contributed by atoms with Crippen LogP contribution in [0.1, 0.15) is 26.7 Å². The predicted octanol–water partition coefficient (Wildman–Crippen LogP) is 0.665. The molecule has 0 atom stereocenters. The first-order valence-corrected chi connectivity index (χ1v) is 6.00. The fraction of sp³-hybridized carbons (Fsp3) is 0.667. The summed E-state index contributed by atoms with van der Waals surface area (Å²) in [6, 6.07) is 0. The molecule has 1 rings (SSSR count). The first-order chi connectivity index (χ1) is 8.15. The molecule has 96 valence electrons. The Hall–Kier alpha value is -1.52. The number of ether oxygens (including phenoxy) is 1. The Morgan fingerprint density at radius 2 is 2.18 bits per heavy atom. The molecule has 0 aromatic heterocycles.